The molecule has 2 nitrogen and oxygen atoms in total. The SMILES string of the molecule is [B]Cc1ccc(/C=N/O)cc1. The summed E-state index contributed by atoms with van der Waals surface area (Å²) < 4.78 is 0. The average molecular weight is 145 g/mol. The summed E-state index contributed by atoms with van der Waals surface area (Å²) >= 11 is 0. The van der Waals surface area contributed by atoms with Gasteiger partial charge in [-0.3, -0.25) is 0 Å². The van der Waals surface area contributed by atoms with Crippen LogP contribution in [0.3, 0.4) is 0 Å². The van der Waals surface area contributed by atoms with E-state index in [0.717, 1.165) is 11.1 Å². The molecular formula is C8H8BNO. The van der Waals surface area contributed by atoms with Crippen LogP contribution in [0.5, 0.6) is 0 Å². The van der Waals surface area contributed by atoms with Gasteiger partial charge in [0.2, 0.25) is 0 Å². The third-order valence-corrected chi connectivity index (χ3v) is 1.42. The monoisotopic (exact) mass is 145 g/mol. The zero-order chi connectivity index (χ0) is 8.10. The van der Waals surface area contributed by atoms with Crippen LogP contribution in [0.25, 0.3) is 0 Å². The molecule has 0 amide bonds. The van der Waals surface area contributed by atoms with Crippen molar-refractivity contribution in [2.75, 3.05) is 0 Å². The van der Waals surface area contributed by atoms with E-state index in [1.807, 2.05) is 24.3 Å². The molecule has 1 N–H and O–H groups in total. The Kier molecular flexibility index (Phi) is 2.72. The van der Waals surface area contributed by atoms with Crippen LogP contribution in [-0.2, 0) is 6.32 Å². The zero-order valence-corrected chi connectivity index (χ0v) is 6.07. The summed E-state index contributed by atoms with van der Waals surface area (Å²) in [5, 5.41) is 11.1. The first-order chi connectivity index (χ1) is 5.36. The van der Waals surface area contributed by atoms with E-state index >= 15 is 0 Å². The molecule has 0 aliphatic heterocycles. The van der Waals surface area contributed by atoms with Gasteiger partial charge in [0.15, 0.2) is 0 Å². The first-order valence-corrected chi connectivity index (χ1v) is 3.33. The Bertz CT molecular complexity index is 243. The van der Waals surface area contributed by atoms with Gasteiger partial charge >= 0.3 is 0 Å². The number of oxime groups is 1. The van der Waals surface area contributed by atoms with E-state index in [0.29, 0.717) is 6.32 Å². The zero-order valence-electron chi connectivity index (χ0n) is 6.07. The molecule has 0 saturated heterocycles. The van der Waals surface area contributed by atoms with E-state index in [1.165, 1.54) is 6.21 Å². The van der Waals surface area contributed by atoms with Crippen LogP contribution < -0.4 is 0 Å². The molecule has 2 radical (unpaired) electrons. The van der Waals surface area contributed by atoms with E-state index in [2.05, 4.69) is 5.16 Å². The van der Waals surface area contributed by atoms with Gasteiger partial charge in [-0.2, -0.15) is 0 Å². The van der Waals surface area contributed by atoms with Gasteiger partial charge in [-0.1, -0.05) is 41.3 Å². The summed E-state index contributed by atoms with van der Waals surface area (Å²) in [6.45, 7) is 0. The number of hydrogen-bond donors (Lipinski definition) is 1. The van der Waals surface area contributed by atoms with Gasteiger partial charge < -0.3 is 5.21 Å². The second-order valence-corrected chi connectivity index (χ2v) is 2.19. The maximum atomic E-state index is 8.19. The fourth-order valence-electron chi connectivity index (χ4n) is 0.806. The van der Waals surface area contributed by atoms with Gasteiger partial charge in [0.1, 0.15) is 0 Å². The molecule has 1 aromatic rings. The minimum atomic E-state index is 0.538. The summed E-state index contributed by atoms with van der Waals surface area (Å²) in [5.41, 5.74) is 1.93. The Morgan fingerprint density at radius 2 is 2.00 bits per heavy atom. The number of nitrogens with zero attached hydrogens (tertiary/aromatic N) is 1. The van der Waals surface area contributed by atoms with E-state index in [1.54, 1.807) is 0 Å². The number of rotatable bonds is 2. The van der Waals surface area contributed by atoms with Crippen molar-refractivity contribution in [1.29, 1.82) is 0 Å². The number of benzene rings is 1. The Labute approximate surface area is 67.0 Å². The smallest absolute Gasteiger partial charge is 0.0733 e. The van der Waals surface area contributed by atoms with Crippen molar-refractivity contribution >= 4 is 14.1 Å². The highest BCUT2D eigenvalue weighted by molar-refractivity contribution is 6.08. The molecule has 0 aliphatic carbocycles. The Balaban J connectivity index is 2.82. The van der Waals surface area contributed by atoms with Crippen LogP contribution in [-0.4, -0.2) is 19.3 Å². The molecule has 0 atom stereocenters. The predicted molar refractivity (Wildman–Crippen MR) is 45.3 cm³/mol. The topological polar surface area (TPSA) is 32.6 Å². The lowest BCUT2D eigenvalue weighted by molar-refractivity contribution is 0.322. The lowest BCUT2D eigenvalue weighted by Gasteiger charge is -1.95. The Morgan fingerprint density at radius 1 is 1.36 bits per heavy atom. The van der Waals surface area contributed by atoms with Crippen molar-refractivity contribution in [3.05, 3.63) is 35.4 Å². The lowest BCUT2D eigenvalue weighted by Crippen LogP contribution is -1.85. The largest absolute Gasteiger partial charge is 0.411 e. The predicted octanol–water partition coefficient (Wildman–Crippen LogP) is 1.16. The molecule has 0 heterocycles. The van der Waals surface area contributed by atoms with Gasteiger partial charge in [-0.05, 0) is 5.56 Å². The van der Waals surface area contributed by atoms with Gasteiger partial charge in [-0.25, -0.2) is 0 Å². The number of hydrogen-bond acceptors (Lipinski definition) is 2. The summed E-state index contributed by atoms with van der Waals surface area (Å²) in [7, 11) is 5.39. The van der Waals surface area contributed by atoms with E-state index in [4.69, 9.17) is 13.1 Å². The molecule has 1 rings (SSSR count). The van der Waals surface area contributed by atoms with E-state index in [-0.39, 0.29) is 0 Å². The summed E-state index contributed by atoms with van der Waals surface area (Å²) in [5.74, 6) is 0. The molecule has 0 aliphatic rings. The van der Waals surface area contributed by atoms with Crippen molar-refractivity contribution in [2.45, 2.75) is 6.32 Å². The van der Waals surface area contributed by atoms with E-state index < -0.39 is 0 Å². The molecule has 0 saturated carbocycles. The van der Waals surface area contributed by atoms with Crippen molar-refractivity contribution in [3.63, 3.8) is 0 Å². The molecule has 54 valence electrons. The summed E-state index contributed by atoms with van der Waals surface area (Å²) in [4.78, 5) is 0. The van der Waals surface area contributed by atoms with Crippen LogP contribution in [0, 0.1) is 0 Å². The van der Waals surface area contributed by atoms with Gasteiger partial charge in [0.05, 0.1) is 14.1 Å². The van der Waals surface area contributed by atoms with Crippen LogP contribution in [0.2, 0.25) is 0 Å². The quantitative estimate of drug-likeness (QED) is 0.288. The van der Waals surface area contributed by atoms with Crippen molar-refractivity contribution in [2.24, 2.45) is 5.16 Å². The highest BCUT2D eigenvalue weighted by atomic mass is 16.4. The average Bonchev–Trinajstić information content (AvgIpc) is 2.07. The molecule has 11 heavy (non-hydrogen) atoms. The molecule has 0 spiro atoms. The van der Waals surface area contributed by atoms with Crippen molar-refractivity contribution < 1.29 is 5.21 Å². The highest BCUT2D eigenvalue weighted by Gasteiger charge is 1.88. The normalized spacial score (nSPS) is 10.5. The van der Waals surface area contributed by atoms with Crippen LogP contribution in [0.15, 0.2) is 29.4 Å². The fraction of sp³-hybridized carbons (Fsp3) is 0.125. The molecule has 1 aromatic carbocycles. The summed E-state index contributed by atoms with van der Waals surface area (Å²) in [6, 6.07) is 7.50. The maximum absolute atomic E-state index is 8.19. The van der Waals surface area contributed by atoms with Gasteiger partial charge in [0, 0.05) is 0 Å². The van der Waals surface area contributed by atoms with Gasteiger partial charge in [-0.15, -0.1) is 0 Å². The minimum Gasteiger partial charge on any atom is -0.411 e. The molecular weight excluding hydrogens is 137 g/mol. The van der Waals surface area contributed by atoms with Crippen molar-refractivity contribution in [1.82, 2.24) is 0 Å². The second-order valence-electron chi connectivity index (χ2n) is 2.19. The van der Waals surface area contributed by atoms with Crippen molar-refractivity contribution in [3.8, 4) is 0 Å². The molecule has 0 bridgehead atoms. The lowest BCUT2D eigenvalue weighted by atomic mass is 9.96. The molecule has 3 heteroatoms. The molecule has 0 fully saturated rings. The second kappa shape index (κ2) is 3.81. The van der Waals surface area contributed by atoms with Crippen LogP contribution >= 0.6 is 0 Å². The third kappa shape index (κ3) is 2.11. The van der Waals surface area contributed by atoms with Crippen LogP contribution in [0.4, 0.5) is 0 Å². The van der Waals surface area contributed by atoms with Gasteiger partial charge in [0.25, 0.3) is 0 Å². The van der Waals surface area contributed by atoms with E-state index in [9.17, 15) is 0 Å². The first-order valence-electron chi connectivity index (χ1n) is 3.33. The molecule has 0 aromatic heterocycles. The minimum absolute atomic E-state index is 0.538. The third-order valence-electron chi connectivity index (χ3n) is 1.42. The first kappa shape index (κ1) is 7.86. The Hall–Kier alpha value is -1.25. The van der Waals surface area contributed by atoms with Crippen LogP contribution in [0.1, 0.15) is 11.1 Å². The molecule has 0 unspecified atom stereocenters. The maximum Gasteiger partial charge on any atom is 0.0733 e. The standard InChI is InChI=1S/C8H8BNO/c9-5-7-1-3-8(4-2-7)6-10-11/h1-4,6,11H,5H2/b10-6+. The fourth-order valence-corrected chi connectivity index (χ4v) is 0.806. The Morgan fingerprint density at radius 3 is 2.45 bits per heavy atom. The summed E-state index contributed by atoms with van der Waals surface area (Å²) in [6.07, 6.45) is 1.91. The highest BCUT2D eigenvalue weighted by Crippen LogP contribution is 2.01.